The Hall–Kier alpha value is -2.22. The van der Waals surface area contributed by atoms with Gasteiger partial charge in [-0.3, -0.25) is 9.59 Å². The normalized spacial score (nSPS) is 8.85. The average Bonchev–Trinajstić information content (AvgIpc) is 2.17. The van der Waals surface area contributed by atoms with Crippen LogP contribution in [0.5, 0.6) is 0 Å². The number of aldehydes is 1. The molecule has 64 valence electrons. The van der Waals surface area contributed by atoms with Gasteiger partial charge in [0, 0.05) is 0 Å². The second kappa shape index (κ2) is 3.45. The van der Waals surface area contributed by atoms with Crippen molar-refractivity contribution in [2.45, 2.75) is 0 Å². The van der Waals surface area contributed by atoms with Gasteiger partial charge in [0.2, 0.25) is 5.78 Å². The van der Waals surface area contributed by atoms with Crippen molar-refractivity contribution in [1.82, 2.24) is 4.98 Å². The number of nitrogens with two attached hydrogens (primary N) is 1. The highest BCUT2D eigenvalue weighted by molar-refractivity contribution is 6.32. The fourth-order valence-corrected chi connectivity index (χ4v) is 0.757. The van der Waals surface area contributed by atoms with Crippen LogP contribution < -0.4 is 5.73 Å². The smallest absolute Gasteiger partial charge is 0.243 e. The second-order valence-corrected chi connectivity index (χ2v) is 2.23. The van der Waals surface area contributed by atoms with Crippen LogP contribution in [0.15, 0.2) is 12.1 Å². The van der Waals surface area contributed by atoms with E-state index in [0.717, 1.165) is 0 Å². The Morgan fingerprint density at radius 3 is 2.85 bits per heavy atom. The predicted octanol–water partition coefficient (Wildman–Crippen LogP) is -0.0829. The molecule has 0 aliphatic rings. The molecular formula is C8H5N3O2. The number of ketones is 1. The van der Waals surface area contributed by atoms with Gasteiger partial charge in [0.25, 0.3) is 0 Å². The lowest BCUT2D eigenvalue weighted by molar-refractivity contribution is -0.104. The Morgan fingerprint density at radius 1 is 1.62 bits per heavy atom. The van der Waals surface area contributed by atoms with Gasteiger partial charge in [-0.15, -0.1) is 0 Å². The molecule has 0 aliphatic heterocycles. The van der Waals surface area contributed by atoms with Crippen molar-refractivity contribution < 1.29 is 9.59 Å². The Kier molecular flexibility index (Phi) is 2.36. The molecule has 0 radical (unpaired) electrons. The van der Waals surface area contributed by atoms with E-state index in [9.17, 15) is 9.59 Å². The molecule has 1 rings (SSSR count). The van der Waals surface area contributed by atoms with Gasteiger partial charge in [0.15, 0.2) is 12.0 Å². The highest BCUT2D eigenvalue weighted by atomic mass is 16.2. The molecule has 0 saturated heterocycles. The fraction of sp³-hybridized carbons (Fsp3) is 0. The summed E-state index contributed by atoms with van der Waals surface area (Å²) < 4.78 is 0. The topological polar surface area (TPSA) is 96.8 Å². The number of anilines is 1. The molecule has 0 bridgehead atoms. The Morgan fingerprint density at radius 2 is 2.31 bits per heavy atom. The first-order valence-electron chi connectivity index (χ1n) is 3.35. The first-order valence-corrected chi connectivity index (χ1v) is 3.35. The van der Waals surface area contributed by atoms with Crippen molar-refractivity contribution in [3.63, 3.8) is 0 Å². The minimum atomic E-state index is -0.767. The minimum Gasteiger partial charge on any atom is -0.396 e. The number of rotatable bonds is 2. The fourth-order valence-electron chi connectivity index (χ4n) is 0.757. The zero-order valence-corrected chi connectivity index (χ0v) is 6.52. The number of carbonyl (C=O) groups is 2. The van der Waals surface area contributed by atoms with Gasteiger partial charge in [-0.05, 0) is 12.1 Å². The highest BCUT2D eigenvalue weighted by Gasteiger charge is 2.08. The third kappa shape index (κ3) is 1.68. The standard InChI is InChI=1S/C8H5N3O2/c9-3-7-5(10)1-2-6(11-7)8(13)4-12/h1-2,4H,10H2. The van der Waals surface area contributed by atoms with Crippen molar-refractivity contribution in [3.05, 3.63) is 23.5 Å². The number of carbonyl (C=O) groups excluding carboxylic acids is 2. The second-order valence-electron chi connectivity index (χ2n) is 2.23. The van der Waals surface area contributed by atoms with Crippen LogP contribution in [0.3, 0.4) is 0 Å². The van der Waals surface area contributed by atoms with E-state index < -0.39 is 5.78 Å². The molecule has 0 unspecified atom stereocenters. The molecule has 0 fully saturated rings. The molecule has 5 heteroatoms. The number of nitrogen functional groups attached to an aromatic ring is 1. The average molecular weight is 175 g/mol. The molecule has 1 aromatic heterocycles. The quantitative estimate of drug-likeness (QED) is 0.385. The highest BCUT2D eigenvalue weighted by Crippen LogP contribution is 2.08. The maximum absolute atomic E-state index is 10.8. The van der Waals surface area contributed by atoms with Crippen molar-refractivity contribution in [2.24, 2.45) is 0 Å². The van der Waals surface area contributed by atoms with Gasteiger partial charge in [0.1, 0.15) is 11.8 Å². The van der Waals surface area contributed by atoms with Gasteiger partial charge < -0.3 is 5.73 Å². The van der Waals surface area contributed by atoms with Gasteiger partial charge in [-0.25, -0.2) is 4.98 Å². The van der Waals surface area contributed by atoms with Crippen molar-refractivity contribution >= 4 is 17.8 Å². The molecule has 2 N–H and O–H groups in total. The summed E-state index contributed by atoms with van der Waals surface area (Å²) in [6, 6.07) is 4.37. The predicted molar refractivity (Wildman–Crippen MR) is 43.8 cm³/mol. The van der Waals surface area contributed by atoms with Crippen LogP contribution in [0.25, 0.3) is 0 Å². The first kappa shape index (κ1) is 8.87. The maximum Gasteiger partial charge on any atom is 0.243 e. The number of nitrogens with zero attached hydrogens (tertiary/aromatic N) is 2. The first-order chi connectivity index (χ1) is 6.19. The summed E-state index contributed by atoms with van der Waals surface area (Å²) >= 11 is 0. The molecule has 0 aromatic carbocycles. The van der Waals surface area contributed by atoms with Gasteiger partial charge in [-0.2, -0.15) is 5.26 Å². The summed E-state index contributed by atoms with van der Waals surface area (Å²) in [6.07, 6.45) is 0.139. The Balaban J connectivity index is 3.23. The zero-order chi connectivity index (χ0) is 9.84. The van der Waals surface area contributed by atoms with E-state index in [2.05, 4.69) is 4.98 Å². The third-order valence-electron chi connectivity index (χ3n) is 1.39. The van der Waals surface area contributed by atoms with Gasteiger partial charge in [0.05, 0.1) is 5.69 Å². The van der Waals surface area contributed by atoms with Crippen molar-refractivity contribution in [3.8, 4) is 6.07 Å². The lowest BCUT2D eigenvalue weighted by Gasteiger charge is -1.97. The van der Waals surface area contributed by atoms with Crippen LogP contribution in [0.2, 0.25) is 0 Å². The number of Topliss-reactive ketones (excluding diaryl/α,β-unsaturated/α-hetero) is 1. The number of hydrogen-bond donors (Lipinski definition) is 1. The third-order valence-corrected chi connectivity index (χ3v) is 1.39. The monoisotopic (exact) mass is 175 g/mol. The van der Waals surface area contributed by atoms with E-state index in [0.29, 0.717) is 0 Å². The Bertz CT molecular complexity index is 406. The van der Waals surface area contributed by atoms with E-state index in [1.165, 1.54) is 12.1 Å². The van der Waals surface area contributed by atoms with E-state index in [-0.39, 0.29) is 23.4 Å². The van der Waals surface area contributed by atoms with Crippen LogP contribution in [0, 0.1) is 11.3 Å². The van der Waals surface area contributed by atoms with E-state index in [1.807, 2.05) is 0 Å². The number of aromatic nitrogens is 1. The van der Waals surface area contributed by atoms with Gasteiger partial charge in [-0.1, -0.05) is 0 Å². The molecule has 0 spiro atoms. The maximum atomic E-state index is 10.8. The molecule has 0 saturated carbocycles. The summed E-state index contributed by atoms with van der Waals surface area (Å²) in [5.74, 6) is -0.767. The van der Waals surface area contributed by atoms with Crippen LogP contribution in [-0.4, -0.2) is 17.1 Å². The SMILES string of the molecule is N#Cc1nc(C(=O)C=O)ccc1N. The summed E-state index contributed by atoms with van der Waals surface area (Å²) in [4.78, 5) is 24.5. The molecule has 13 heavy (non-hydrogen) atoms. The summed E-state index contributed by atoms with van der Waals surface area (Å²) in [5, 5.41) is 8.51. The molecule has 1 aromatic rings. The van der Waals surface area contributed by atoms with Crippen LogP contribution >= 0.6 is 0 Å². The number of nitriles is 1. The molecule has 0 amide bonds. The Labute approximate surface area is 73.8 Å². The van der Waals surface area contributed by atoms with Crippen LogP contribution in [0.1, 0.15) is 16.2 Å². The van der Waals surface area contributed by atoms with Crippen molar-refractivity contribution in [2.75, 3.05) is 5.73 Å². The number of pyridine rings is 1. The van der Waals surface area contributed by atoms with E-state index in [4.69, 9.17) is 11.0 Å². The molecule has 0 aliphatic carbocycles. The minimum absolute atomic E-state index is 0.0484. The van der Waals surface area contributed by atoms with Gasteiger partial charge >= 0.3 is 0 Å². The van der Waals surface area contributed by atoms with E-state index in [1.54, 1.807) is 6.07 Å². The molecule has 1 heterocycles. The zero-order valence-electron chi connectivity index (χ0n) is 6.52. The van der Waals surface area contributed by atoms with Crippen LogP contribution in [-0.2, 0) is 4.79 Å². The largest absolute Gasteiger partial charge is 0.396 e. The molecule has 0 atom stereocenters. The lowest BCUT2D eigenvalue weighted by Crippen LogP contribution is -2.05. The molecule has 5 nitrogen and oxygen atoms in total. The van der Waals surface area contributed by atoms with Crippen molar-refractivity contribution in [1.29, 1.82) is 5.26 Å². The molecular weight excluding hydrogens is 170 g/mol. The number of hydrogen-bond acceptors (Lipinski definition) is 5. The summed E-state index contributed by atoms with van der Waals surface area (Å²) in [5.41, 5.74) is 5.42. The lowest BCUT2D eigenvalue weighted by atomic mass is 10.2. The summed E-state index contributed by atoms with van der Waals surface area (Å²) in [7, 11) is 0. The van der Waals surface area contributed by atoms with E-state index >= 15 is 0 Å². The van der Waals surface area contributed by atoms with Crippen LogP contribution in [0.4, 0.5) is 5.69 Å². The summed E-state index contributed by atoms with van der Waals surface area (Å²) in [6.45, 7) is 0.